The second-order valence-corrected chi connectivity index (χ2v) is 6.56. The fourth-order valence-electron chi connectivity index (χ4n) is 3.30. The van der Waals surface area contributed by atoms with Crippen molar-refractivity contribution < 1.29 is 4.79 Å². The summed E-state index contributed by atoms with van der Waals surface area (Å²) >= 11 is 1.41. The van der Waals surface area contributed by atoms with Crippen molar-refractivity contribution in [2.45, 2.75) is 43.8 Å². The van der Waals surface area contributed by atoms with Gasteiger partial charge in [0.2, 0.25) is 5.91 Å². The van der Waals surface area contributed by atoms with Gasteiger partial charge in [0.1, 0.15) is 0 Å². The van der Waals surface area contributed by atoms with Crippen LogP contribution in [0.2, 0.25) is 0 Å². The van der Waals surface area contributed by atoms with Gasteiger partial charge < -0.3 is 5.32 Å². The van der Waals surface area contributed by atoms with Crippen LogP contribution in [-0.2, 0) is 4.79 Å². The fourth-order valence-corrected chi connectivity index (χ4v) is 3.98. The molecule has 1 aromatic heterocycles. The zero-order valence-corrected chi connectivity index (χ0v) is 11.9. The van der Waals surface area contributed by atoms with Crippen LogP contribution in [0.25, 0.3) is 0 Å². The Morgan fingerprint density at radius 2 is 2.37 bits per heavy atom. The number of nitrogens with one attached hydrogen (secondary N) is 1. The summed E-state index contributed by atoms with van der Waals surface area (Å²) in [4.78, 5) is 20.4. The average Bonchev–Trinajstić information content (AvgIpc) is 2.99. The highest BCUT2D eigenvalue weighted by molar-refractivity contribution is 7.99. The summed E-state index contributed by atoms with van der Waals surface area (Å²) in [6.07, 6.45) is 6.90. The molecule has 0 spiro atoms. The van der Waals surface area contributed by atoms with Gasteiger partial charge in [-0.3, -0.25) is 4.79 Å². The molecule has 1 aromatic rings. The van der Waals surface area contributed by atoms with Crippen molar-refractivity contribution in [2.24, 2.45) is 11.8 Å². The van der Waals surface area contributed by atoms with Crippen LogP contribution >= 0.6 is 11.8 Å². The van der Waals surface area contributed by atoms with Crippen LogP contribution in [0.15, 0.2) is 17.4 Å². The molecule has 2 fully saturated rings. The van der Waals surface area contributed by atoms with Gasteiger partial charge in [-0.25, -0.2) is 9.97 Å². The quantitative estimate of drug-likeness (QED) is 0.677. The highest BCUT2D eigenvalue weighted by atomic mass is 32.2. The molecule has 102 valence electrons. The van der Waals surface area contributed by atoms with E-state index in [4.69, 9.17) is 0 Å². The smallest absolute Gasteiger partial charge is 0.230 e. The minimum absolute atomic E-state index is 0.118. The van der Waals surface area contributed by atoms with E-state index in [-0.39, 0.29) is 5.91 Å². The zero-order chi connectivity index (χ0) is 13.2. The summed E-state index contributed by atoms with van der Waals surface area (Å²) in [5.41, 5.74) is 0.936. The van der Waals surface area contributed by atoms with E-state index in [1.165, 1.54) is 37.4 Å². The third kappa shape index (κ3) is 3.08. The van der Waals surface area contributed by atoms with E-state index in [1.54, 1.807) is 6.20 Å². The number of amides is 1. The van der Waals surface area contributed by atoms with Crippen LogP contribution < -0.4 is 5.32 Å². The van der Waals surface area contributed by atoms with Gasteiger partial charge in [0.15, 0.2) is 5.16 Å². The average molecular weight is 277 g/mol. The van der Waals surface area contributed by atoms with Crippen LogP contribution in [0.3, 0.4) is 0 Å². The number of hydrogen-bond acceptors (Lipinski definition) is 4. The van der Waals surface area contributed by atoms with Gasteiger partial charge in [0, 0.05) is 17.9 Å². The van der Waals surface area contributed by atoms with Crippen LogP contribution in [-0.4, -0.2) is 27.7 Å². The molecule has 1 heterocycles. The summed E-state index contributed by atoms with van der Waals surface area (Å²) in [5, 5.41) is 3.86. The Morgan fingerprint density at radius 3 is 3.05 bits per heavy atom. The van der Waals surface area contributed by atoms with Gasteiger partial charge in [-0.15, -0.1) is 0 Å². The molecule has 3 rings (SSSR count). The third-order valence-electron chi connectivity index (χ3n) is 4.19. The minimum Gasteiger partial charge on any atom is -0.352 e. The molecule has 0 unspecified atom stereocenters. The normalized spacial score (nSPS) is 28.6. The van der Waals surface area contributed by atoms with Gasteiger partial charge >= 0.3 is 0 Å². The molecule has 0 aromatic carbocycles. The Kier molecular flexibility index (Phi) is 3.73. The highest BCUT2D eigenvalue weighted by Crippen LogP contribution is 2.44. The molecule has 2 aliphatic rings. The van der Waals surface area contributed by atoms with E-state index < -0.39 is 0 Å². The maximum absolute atomic E-state index is 11.9. The van der Waals surface area contributed by atoms with Gasteiger partial charge in [0.05, 0.1) is 5.75 Å². The molecule has 5 heteroatoms. The number of aryl methyl sites for hydroxylation is 1. The van der Waals surface area contributed by atoms with Gasteiger partial charge in [-0.2, -0.15) is 0 Å². The number of nitrogens with zero attached hydrogens (tertiary/aromatic N) is 2. The monoisotopic (exact) mass is 277 g/mol. The number of aromatic nitrogens is 2. The summed E-state index contributed by atoms with van der Waals surface area (Å²) in [5.74, 6) is 2.13. The predicted molar refractivity (Wildman–Crippen MR) is 74.9 cm³/mol. The number of fused-ring (bicyclic) bond motifs is 2. The molecule has 2 aliphatic carbocycles. The van der Waals surface area contributed by atoms with Crippen LogP contribution in [0, 0.1) is 18.8 Å². The van der Waals surface area contributed by atoms with Crippen molar-refractivity contribution in [3.05, 3.63) is 18.0 Å². The molecule has 0 aliphatic heterocycles. The Bertz CT molecular complexity index is 480. The van der Waals surface area contributed by atoms with Crippen molar-refractivity contribution in [2.75, 3.05) is 5.75 Å². The van der Waals surface area contributed by atoms with Crippen LogP contribution in [0.4, 0.5) is 0 Å². The lowest BCUT2D eigenvalue weighted by atomic mass is 9.95. The van der Waals surface area contributed by atoms with Crippen molar-refractivity contribution in [3.63, 3.8) is 0 Å². The number of thioether (sulfide) groups is 1. The Balaban J connectivity index is 1.47. The lowest BCUT2D eigenvalue weighted by molar-refractivity contribution is -0.119. The molecule has 2 saturated carbocycles. The first kappa shape index (κ1) is 12.9. The Hall–Kier alpha value is -1.10. The van der Waals surface area contributed by atoms with E-state index >= 15 is 0 Å². The summed E-state index contributed by atoms with van der Waals surface area (Å²) in [7, 11) is 0. The summed E-state index contributed by atoms with van der Waals surface area (Å²) < 4.78 is 0. The predicted octanol–water partition coefficient (Wildman–Crippen LogP) is 2.18. The molecule has 1 N–H and O–H groups in total. The zero-order valence-electron chi connectivity index (χ0n) is 11.1. The van der Waals surface area contributed by atoms with E-state index in [2.05, 4.69) is 15.3 Å². The van der Waals surface area contributed by atoms with Crippen molar-refractivity contribution >= 4 is 17.7 Å². The molecule has 19 heavy (non-hydrogen) atoms. The molecule has 0 radical (unpaired) electrons. The van der Waals surface area contributed by atoms with Gasteiger partial charge in [-0.1, -0.05) is 18.2 Å². The maximum Gasteiger partial charge on any atom is 0.230 e. The molecule has 3 atom stereocenters. The number of carbonyl (C=O) groups excluding carboxylic acids is 1. The van der Waals surface area contributed by atoms with E-state index in [0.29, 0.717) is 17.0 Å². The first-order valence-corrected chi connectivity index (χ1v) is 7.91. The summed E-state index contributed by atoms with van der Waals surface area (Å²) in [6.45, 7) is 1.93. The van der Waals surface area contributed by atoms with E-state index in [9.17, 15) is 4.79 Å². The lowest BCUT2D eigenvalue weighted by Gasteiger charge is -2.22. The lowest BCUT2D eigenvalue weighted by Crippen LogP contribution is -2.39. The van der Waals surface area contributed by atoms with Gasteiger partial charge in [0.25, 0.3) is 0 Å². The molecule has 4 nitrogen and oxygen atoms in total. The largest absolute Gasteiger partial charge is 0.352 e. The third-order valence-corrected chi connectivity index (χ3v) is 5.05. The Labute approximate surface area is 117 Å². The van der Waals surface area contributed by atoms with Gasteiger partial charge in [-0.05, 0) is 44.1 Å². The second kappa shape index (κ2) is 5.49. The number of hydrogen-bond donors (Lipinski definition) is 1. The maximum atomic E-state index is 11.9. The SMILES string of the molecule is Cc1ccnc(SCC(=O)N[C@H]2C[C@H]3CC[C@H]2C3)n1. The molecule has 0 saturated heterocycles. The molecular formula is C14H19N3OS. The number of rotatable bonds is 4. The molecule has 2 bridgehead atoms. The first-order valence-electron chi connectivity index (χ1n) is 6.92. The Morgan fingerprint density at radius 1 is 1.47 bits per heavy atom. The fraction of sp³-hybridized carbons (Fsp3) is 0.643. The van der Waals surface area contributed by atoms with Crippen molar-refractivity contribution in [3.8, 4) is 0 Å². The molecular weight excluding hydrogens is 258 g/mol. The van der Waals surface area contributed by atoms with E-state index in [0.717, 1.165) is 17.5 Å². The van der Waals surface area contributed by atoms with Crippen molar-refractivity contribution in [1.29, 1.82) is 0 Å². The van der Waals surface area contributed by atoms with Crippen molar-refractivity contribution in [1.82, 2.24) is 15.3 Å². The highest BCUT2D eigenvalue weighted by Gasteiger charge is 2.39. The number of carbonyl (C=O) groups is 1. The van der Waals surface area contributed by atoms with E-state index in [1.807, 2.05) is 13.0 Å². The van der Waals surface area contributed by atoms with Crippen LogP contribution in [0.1, 0.15) is 31.4 Å². The first-order chi connectivity index (χ1) is 9.20. The molecule has 1 amide bonds. The summed E-state index contributed by atoms with van der Waals surface area (Å²) in [6, 6.07) is 2.28. The topological polar surface area (TPSA) is 54.9 Å². The standard InChI is InChI=1S/C14H19N3OS/c1-9-4-5-15-14(16-9)19-8-13(18)17-12-7-10-2-3-11(12)6-10/h4-5,10-12H,2-3,6-8H2,1H3,(H,17,18)/t10-,11-,12-/m0/s1. The second-order valence-electron chi connectivity index (χ2n) is 5.62. The van der Waals surface area contributed by atoms with Crippen LogP contribution in [0.5, 0.6) is 0 Å². The minimum atomic E-state index is 0.118.